The van der Waals surface area contributed by atoms with E-state index in [2.05, 4.69) is 14.7 Å². The molecule has 4 rings (SSSR count). The van der Waals surface area contributed by atoms with E-state index in [4.69, 9.17) is 5.73 Å². The average Bonchev–Trinajstić information content (AvgIpc) is 3.00. The monoisotopic (exact) mass is 444 g/mol. The Kier molecular flexibility index (Phi) is 5.29. The van der Waals surface area contributed by atoms with Gasteiger partial charge in [0.1, 0.15) is 11.6 Å². The van der Waals surface area contributed by atoms with E-state index < -0.39 is 29.8 Å². The van der Waals surface area contributed by atoms with Crippen molar-refractivity contribution in [3.05, 3.63) is 83.7 Å². The molecule has 0 aliphatic carbocycles. The van der Waals surface area contributed by atoms with Crippen molar-refractivity contribution in [1.29, 1.82) is 0 Å². The number of likely N-dealkylation sites (N-methyl/N-ethyl adjacent to an activating group) is 1. The minimum Gasteiger partial charge on any atom is -0.435 e. The number of nitrogens with zero attached hydrogens (tertiary/aromatic N) is 3. The number of benzene rings is 2. The Labute approximate surface area is 180 Å². The molecule has 0 bridgehead atoms. The van der Waals surface area contributed by atoms with E-state index in [0.717, 1.165) is 17.2 Å². The number of pyridine rings is 1. The van der Waals surface area contributed by atoms with Crippen LogP contribution in [0.1, 0.15) is 11.1 Å². The van der Waals surface area contributed by atoms with Crippen LogP contribution in [0.2, 0.25) is 0 Å². The highest BCUT2D eigenvalue weighted by atomic mass is 19.3. The third-order valence-electron chi connectivity index (χ3n) is 5.13. The molecule has 1 amide bonds. The van der Waals surface area contributed by atoms with Gasteiger partial charge in [-0.1, -0.05) is 30.3 Å². The van der Waals surface area contributed by atoms with Gasteiger partial charge in [-0.15, -0.1) is 0 Å². The van der Waals surface area contributed by atoms with Crippen molar-refractivity contribution >= 4 is 11.9 Å². The smallest absolute Gasteiger partial charge is 0.387 e. The third-order valence-corrected chi connectivity index (χ3v) is 5.13. The van der Waals surface area contributed by atoms with E-state index >= 15 is 0 Å². The highest BCUT2D eigenvalue weighted by Gasteiger charge is 2.49. The predicted octanol–water partition coefficient (Wildman–Crippen LogP) is 3.66. The molecule has 2 heterocycles. The van der Waals surface area contributed by atoms with Gasteiger partial charge in [-0.2, -0.15) is 13.2 Å². The molecule has 164 valence electrons. The van der Waals surface area contributed by atoms with Crippen molar-refractivity contribution < 1.29 is 27.1 Å². The fourth-order valence-corrected chi connectivity index (χ4v) is 3.60. The number of carbonyl (C=O) groups is 1. The number of aliphatic imine (C=N–C) groups is 1. The highest BCUT2D eigenvalue weighted by Crippen LogP contribution is 2.41. The Balaban J connectivity index is 1.88. The summed E-state index contributed by atoms with van der Waals surface area (Å²) in [5.74, 6) is -2.28. The second kappa shape index (κ2) is 7.95. The molecule has 1 aliphatic rings. The second-order valence-corrected chi connectivity index (χ2v) is 7.02. The van der Waals surface area contributed by atoms with Gasteiger partial charge in [0.2, 0.25) is 5.95 Å². The zero-order chi connectivity index (χ0) is 23.0. The van der Waals surface area contributed by atoms with Crippen molar-refractivity contribution in [2.45, 2.75) is 12.2 Å². The lowest BCUT2D eigenvalue weighted by atomic mass is 9.81. The van der Waals surface area contributed by atoms with Crippen molar-refractivity contribution in [2.75, 3.05) is 7.05 Å². The van der Waals surface area contributed by atoms with Crippen molar-refractivity contribution in [3.8, 4) is 16.9 Å². The lowest BCUT2D eigenvalue weighted by molar-refractivity contribution is -0.129. The summed E-state index contributed by atoms with van der Waals surface area (Å²) in [4.78, 5) is 22.2. The van der Waals surface area contributed by atoms with E-state index in [9.17, 15) is 22.4 Å². The first kappa shape index (κ1) is 21.3. The maximum Gasteiger partial charge on any atom is 0.387 e. The first-order valence-corrected chi connectivity index (χ1v) is 9.33. The summed E-state index contributed by atoms with van der Waals surface area (Å²) in [6, 6.07) is 12.6. The zero-order valence-corrected chi connectivity index (χ0v) is 16.6. The Hall–Kier alpha value is -3.95. The second-order valence-electron chi connectivity index (χ2n) is 7.02. The predicted molar refractivity (Wildman–Crippen MR) is 108 cm³/mol. The summed E-state index contributed by atoms with van der Waals surface area (Å²) in [5, 5.41) is 0. The summed E-state index contributed by atoms with van der Waals surface area (Å²) in [5.41, 5.74) is 5.07. The fourth-order valence-electron chi connectivity index (χ4n) is 3.60. The van der Waals surface area contributed by atoms with Gasteiger partial charge in [-0.05, 0) is 41.0 Å². The molecule has 3 aromatic rings. The topological polar surface area (TPSA) is 80.8 Å². The molecule has 10 heteroatoms. The number of aromatic nitrogens is 1. The number of guanidine groups is 1. The van der Waals surface area contributed by atoms with Gasteiger partial charge in [0.15, 0.2) is 11.5 Å². The Morgan fingerprint density at radius 1 is 1.06 bits per heavy atom. The standard InChI is InChI=1S/C22H16F4N4O2/c1-30-19(31)22(29-21(30)27,13-5-7-16(8-6-13)32-20(25)26)14-4-2-3-12(9-14)17-10-15(23)11-28-18(17)24/h2-11,20H,1H3,(H2,27,29). The quantitative estimate of drug-likeness (QED) is 0.481. The van der Waals surface area contributed by atoms with Gasteiger partial charge < -0.3 is 10.5 Å². The molecule has 1 unspecified atom stereocenters. The average molecular weight is 444 g/mol. The number of amides is 1. The summed E-state index contributed by atoms with van der Waals surface area (Å²) in [6.45, 7) is -3.01. The maximum absolute atomic E-state index is 14.3. The van der Waals surface area contributed by atoms with Crippen molar-refractivity contribution in [1.82, 2.24) is 9.88 Å². The molecule has 0 saturated heterocycles. The van der Waals surface area contributed by atoms with Crippen molar-refractivity contribution in [3.63, 3.8) is 0 Å². The summed E-state index contributed by atoms with van der Waals surface area (Å²) >= 11 is 0. The molecule has 1 aliphatic heterocycles. The number of ether oxygens (including phenoxy) is 1. The van der Waals surface area contributed by atoms with Gasteiger partial charge >= 0.3 is 6.61 Å². The van der Waals surface area contributed by atoms with Gasteiger partial charge in [0, 0.05) is 12.6 Å². The van der Waals surface area contributed by atoms with Crippen LogP contribution in [0.25, 0.3) is 11.1 Å². The molecule has 0 fully saturated rings. The number of halogens is 4. The van der Waals surface area contributed by atoms with Crippen LogP contribution in [0, 0.1) is 11.8 Å². The normalized spacial score (nSPS) is 18.2. The molecule has 32 heavy (non-hydrogen) atoms. The maximum atomic E-state index is 14.3. The number of hydrogen-bond donors (Lipinski definition) is 1. The fraction of sp³-hybridized carbons (Fsp3) is 0.136. The number of nitrogens with two attached hydrogens (primary N) is 1. The van der Waals surface area contributed by atoms with Gasteiger partial charge in [0.05, 0.1) is 6.20 Å². The minimum absolute atomic E-state index is 0.0630. The van der Waals surface area contributed by atoms with Crippen LogP contribution < -0.4 is 10.5 Å². The SMILES string of the molecule is CN1C(=O)C(c2ccc(OC(F)F)cc2)(c2cccc(-c3cc(F)cnc3F)c2)N=C1N. The Bertz CT molecular complexity index is 1220. The first-order chi connectivity index (χ1) is 15.2. The van der Waals surface area contributed by atoms with Crippen LogP contribution >= 0.6 is 0 Å². The lowest BCUT2D eigenvalue weighted by Crippen LogP contribution is -2.41. The largest absolute Gasteiger partial charge is 0.435 e. The molecule has 6 nitrogen and oxygen atoms in total. The minimum atomic E-state index is -3.01. The van der Waals surface area contributed by atoms with Crippen LogP contribution in [0.3, 0.4) is 0 Å². The molecule has 2 N–H and O–H groups in total. The van der Waals surface area contributed by atoms with E-state index in [1.807, 2.05) is 0 Å². The highest BCUT2D eigenvalue weighted by molar-refractivity contribution is 6.09. The third kappa shape index (κ3) is 3.53. The Morgan fingerprint density at radius 3 is 2.41 bits per heavy atom. The van der Waals surface area contributed by atoms with E-state index in [1.165, 1.54) is 43.4 Å². The van der Waals surface area contributed by atoms with Gasteiger partial charge in [-0.25, -0.2) is 14.4 Å². The van der Waals surface area contributed by atoms with Crippen LogP contribution in [0.5, 0.6) is 5.75 Å². The van der Waals surface area contributed by atoms with E-state index in [1.54, 1.807) is 12.1 Å². The molecular weight excluding hydrogens is 428 g/mol. The van der Waals surface area contributed by atoms with Crippen LogP contribution in [-0.2, 0) is 10.3 Å². The summed E-state index contributed by atoms with van der Waals surface area (Å²) < 4.78 is 57.3. The van der Waals surface area contributed by atoms with E-state index in [-0.39, 0.29) is 22.8 Å². The van der Waals surface area contributed by atoms with Crippen LogP contribution in [0.15, 0.2) is 65.8 Å². The number of carbonyl (C=O) groups excluding carboxylic acids is 1. The summed E-state index contributed by atoms with van der Waals surface area (Å²) in [6.07, 6.45) is 0.758. The molecular formula is C22H16F4N4O2. The first-order valence-electron chi connectivity index (χ1n) is 9.33. The van der Waals surface area contributed by atoms with E-state index in [0.29, 0.717) is 11.1 Å². The van der Waals surface area contributed by atoms with Crippen LogP contribution in [-0.4, -0.2) is 35.4 Å². The molecule has 0 spiro atoms. The number of hydrogen-bond acceptors (Lipinski definition) is 5. The zero-order valence-electron chi connectivity index (χ0n) is 16.6. The van der Waals surface area contributed by atoms with Crippen molar-refractivity contribution in [2.24, 2.45) is 10.7 Å². The van der Waals surface area contributed by atoms with Gasteiger partial charge in [-0.3, -0.25) is 9.69 Å². The molecule has 1 aromatic heterocycles. The molecule has 1 atom stereocenters. The lowest BCUT2D eigenvalue weighted by Gasteiger charge is -2.26. The molecule has 0 saturated carbocycles. The van der Waals surface area contributed by atoms with Gasteiger partial charge in [0.25, 0.3) is 5.91 Å². The molecule has 0 radical (unpaired) electrons. The number of alkyl halides is 2. The molecule has 2 aromatic carbocycles. The number of rotatable bonds is 5. The van der Waals surface area contributed by atoms with Crippen LogP contribution in [0.4, 0.5) is 17.6 Å². The summed E-state index contributed by atoms with van der Waals surface area (Å²) in [7, 11) is 1.44. The Morgan fingerprint density at radius 2 is 1.78 bits per heavy atom.